The van der Waals surface area contributed by atoms with Gasteiger partial charge in [0.15, 0.2) is 0 Å². The smallest absolute Gasteiger partial charge is 0.133 e. The number of hydrogen-bond acceptors (Lipinski definition) is 3. The monoisotopic (exact) mass is 240 g/mol. The van der Waals surface area contributed by atoms with E-state index in [1.165, 1.54) is 19.2 Å². The Hall–Kier alpha value is -1.65. The van der Waals surface area contributed by atoms with E-state index in [4.69, 9.17) is 4.74 Å². The number of hydrogen-bond donors (Lipinski definition) is 1. The first-order valence-electron chi connectivity index (χ1n) is 5.39. The van der Waals surface area contributed by atoms with Gasteiger partial charge in [-0.3, -0.25) is 4.99 Å². The zero-order valence-electron chi connectivity index (χ0n) is 9.76. The molecule has 1 aliphatic rings. The molecule has 0 saturated heterocycles. The maximum atomic E-state index is 13.8. The topological polar surface area (TPSA) is 33.6 Å². The highest BCUT2D eigenvalue weighted by Gasteiger charge is 2.26. The van der Waals surface area contributed by atoms with Gasteiger partial charge < -0.3 is 10.1 Å². The third-order valence-electron chi connectivity index (χ3n) is 2.93. The zero-order valence-corrected chi connectivity index (χ0v) is 9.76. The SMILES string of the molecule is CNC1=NCC(c2c(F)cc(OC)cc2F)C1. The fraction of sp³-hybridized carbons (Fsp3) is 0.417. The highest BCUT2D eigenvalue weighted by Crippen LogP contribution is 2.31. The van der Waals surface area contributed by atoms with Gasteiger partial charge in [-0.25, -0.2) is 8.78 Å². The summed E-state index contributed by atoms with van der Waals surface area (Å²) in [7, 11) is 3.13. The van der Waals surface area contributed by atoms with Crippen molar-refractivity contribution >= 4 is 5.84 Å². The lowest BCUT2D eigenvalue weighted by Gasteiger charge is -2.13. The number of benzene rings is 1. The lowest BCUT2D eigenvalue weighted by molar-refractivity contribution is 0.404. The van der Waals surface area contributed by atoms with Crippen LogP contribution < -0.4 is 10.1 Å². The number of methoxy groups -OCH3 is 1. The fourth-order valence-corrected chi connectivity index (χ4v) is 2.03. The first-order valence-corrected chi connectivity index (χ1v) is 5.39. The molecule has 0 aliphatic carbocycles. The summed E-state index contributed by atoms with van der Waals surface area (Å²) >= 11 is 0. The summed E-state index contributed by atoms with van der Waals surface area (Å²) in [5.41, 5.74) is 0.0970. The predicted molar refractivity (Wildman–Crippen MR) is 61.6 cm³/mol. The zero-order chi connectivity index (χ0) is 12.4. The van der Waals surface area contributed by atoms with Gasteiger partial charge in [0.2, 0.25) is 0 Å². The molecular weight excluding hydrogens is 226 g/mol. The Labute approximate surface area is 98.5 Å². The van der Waals surface area contributed by atoms with Crippen LogP contribution in [0.2, 0.25) is 0 Å². The average molecular weight is 240 g/mol. The Kier molecular flexibility index (Phi) is 3.26. The van der Waals surface area contributed by atoms with Crippen LogP contribution in [0.4, 0.5) is 8.78 Å². The number of amidine groups is 1. The van der Waals surface area contributed by atoms with E-state index in [1.807, 2.05) is 0 Å². The van der Waals surface area contributed by atoms with Crippen molar-refractivity contribution in [2.24, 2.45) is 4.99 Å². The average Bonchev–Trinajstić information content (AvgIpc) is 2.76. The quantitative estimate of drug-likeness (QED) is 0.858. The summed E-state index contributed by atoms with van der Waals surface area (Å²) in [6.07, 6.45) is 0.538. The van der Waals surface area contributed by atoms with Crippen molar-refractivity contribution < 1.29 is 13.5 Å². The standard InChI is InChI=1S/C12H14F2N2O/c1-15-11-3-7(6-16-11)12-9(13)4-8(17-2)5-10(12)14/h4-5,7H,3,6H2,1-2H3,(H,15,16). The van der Waals surface area contributed by atoms with Gasteiger partial charge >= 0.3 is 0 Å². The Balaban J connectivity index is 2.28. The molecule has 0 fully saturated rings. The predicted octanol–water partition coefficient (Wildman–Crippen LogP) is 2.08. The highest BCUT2D eigenvalue weighted by molar-refractivity contribution is 5.84. The molecule has 3 nitrogen and oxygen atoms in total. The molecular formula is C12H14F2N2O. The second-order valence-electron chi connectivity index (χ2n) is 3.94. The molecule has 92 valence electrons. The molecule has 1 aromatic rings. The van der Waals surface area contributed by atoms with E-state index in [0.29, 0.717) is 13.0 Å². The van der Waals surface area contributed by atoms with Gasteiger partial charge in [-0.1, -0.05) is 0 Å². The molecule has 1 unspecified atom stereocenters. The molecule has 1 heterocycles. The molecule has 5 heteroatoms. The summed E-state index contributed by atoms with van der Waals surface area (Å²) in [6, 6.07) is 2.41. The largest absolute Gasteiger partial charge is 0.497 e. The maximum Gasteiger partial charge on any atom is 0.133 e. The number of ether oxygens (including phenoxy) is 1. The van der Waals surface area contributed by atoms with Crippen LogP contribution in [0.1, 0.15) is 17.9 Å². The fourth-order valence-electron chi connectivity index (χ4n) is 2.03. The summed E-state index contributed by atoms with van der Waals surface area (Å²) in [6.45, 7) is 0.413. The lowest BCUT2D eigenvalue weighted by Crippen LogP contribution is -2.16. The van der Waals surface area contributed by atoms with Gasteiger partial charge in [-0.05, 0) is 0 Å². The van der Waals surface area contributed by atoms with Crippen molar-refractivity contribution in [3.05, 3.63) is 29.3 Å². The maximum absolute atomic E-state index is 13.8. The molecule has 0 radical (unpaired) electrons. The van der Waals surface area contributed by atoms with Crippen LogP contribution in [0.25, 0.3) is 0 Å². The second-order valence-corrected chi connectivity index (χ2v) is 3.94. The van der Waals surface area contributed by atoms with Crippen LogP contribution in [0, 0.1) is 11.6 Å². The van der Waals surface area contributed by atoms with E-state index in [-0.39, 0.29) is 17.2 Å². The van der Waals surface area contributed by atoms with Crippen molar-refractivity contribution in [2.45, 2.75) is 12.3 Å². The first-order chi connectivity index (χ1) is 8.15. The van der Waals surface area contributed by atoms with Gasteiger partial charge in [0.25, 0.3) is 0 Å². The lowest BCUT2D eigenvalue weighted by atomic mass is 9.96. The third-order valence-corrected chi connectivity index (χ3v) is 2.93. The molecule has 2 rings (SSSR count). The Bertz CT molecular complexity index is 437. The molecule has 17 heavy (non-hydrogen) atoms. The molecule has 1 N–H and O–H groups in total. The summed E-state index contributed by atoms with van der Waals surface area (Å²) in [5, 5.41) is 2.91. The number of nitrogens with one attached hydrogen (secondary N) is 1. The summed E-state index contributed by atoms with van der Waals surface area (Å²) in [5.74, 6) is -0.400. The van der Waals surface area contributed by atoms with E-state index in [1.54, 1.807) is 7.05 Å². The number of halogens is 2. The molecule has 1 atom stereocenters. The minimum Gasteiger partial charge on any atom is -0.497 e. The van der Waals surface area contributed by atoms with E-state index in [9.17, 15) is 8.78 Å². The Morgan fingerprint density at radius 2 is 2.00 bits per heavy atom. The van der Waals surface area contributed by atoms with Crippen molar-refractivity contribution in [3.8, 4) is 5.75 Å². The van der Waals surface area contributed by atoms with E-state index < -0.39 is 11.6 Å². The molecule has 0 saturated carbocycles. The number of rotatable bonds is 2. The van der Waals surface area contributed by atoms with Crippen LogP contribution in [-0.2, 0) is 0 Å². The highest BCUT2D eigenvalue weighted by atomic mass is 19.1. The Morgan fingerprint density at radius 3 is 2.47 bits per heavy atom. The van der Waals surface area contributed by atoms with E-state index in [0.717, 1.165) is 5.84 Å². The number of aliphatic imine (C=N–C) groups is 1. The second kappa shape index (κ2) is 4.69. The van der Waals surface area contributed by atoms with Gasteiger partial charge in [-0.15, -0.1) is 0 Å². The third kappa shape index (κ3) is 2.23. The van der Waals surface area contributed by atoms with Crippen LogP contribution in [0.15, 0.2) is 17.1 Å². The van der Waals surface area contributed by atoms with E-state index >= 15 is 0 Å². The molecule has 0 spiro atoms. The van der Waals surface area contributed by atoms with Crippen LogP contribution in [-0.4, -0.2) is 26.5 Å². The van der Waals surface area contributed by atoms with Crippen LogP contribution in [0.5, 0.6) is 5.75 Å². The molecule has 1 aliphatic heterocycles. The minimum atomic E-state index is -0.570. The molecule has 0 bridgehead atoms. The van der Waals surface area contributed by atoms with Crippen LogP contribution >= 0.6 is 0 Å². The van der Waals surface area contributed by atoms with Gasteiger partial charge in [-0.2, -0.15) is 0 Å². The van der Waals surface area contributed by atoms with E-state index in [2.05, 4.69) is 10.3 Å². The normalized spacial score (nSPS) is 19.1. The molecule has 0 amide bonds. The summed E-state index contributed by atoms with van der Waals surface area (Å²) < 4.78 is 32.4. The van der Waals surface area contributed by atoms with Crippen molar-refractivity contribution in [1.29, 1.82) is 0 Å². The van der Waals surface area contributed by atoms with Gasteiger partial charge in [0, 0.05) is 43.6 Å². The van der Waals surface area contributed by atoms with Crippen molar-refractivity contribution in [2.75, 3.05) is 20.7 Å². The Morgan fingerprint density at radius 1 is 1.35 bits per heavy atom. The molecule has 0 aromatic heterocycles. The van der Waals surface area contributed by atoms with Gasteiger partial charge in [0.1, 0.15) is 17.4 Å². The van der Waals surface area contributed by atoms with Gasteiger partial charge in [0.05, 0.1) is 12.9 Å². The molecule has 1 aromatic carbocycles. The first kappa shape index (κ1) is 11.8. The van der Waals surface area contributed by atoms with Crippen molar-refractivity contribution in [1.82, 2.24) is 5.32 Å². The van der Waals surface area contributed by atoms with Crippen molar-refractivity contribution in [3.63, 3.8) is 0 Å². The minimum absolute atomic E-state index is 0.0970. The number of nitrogens with zero attached hydrogens (tertiary/aromatic N) is 1. The van der Waals surface area contributed by atoms with Crippen LogP contribution in [0.3, 0.4) is 0 Å². The summed E-state index contributed by atoms with van der Waals surface area (Å²) in [4.78, 5) is 4.18.